The van der Waals surface area contributed by atoms with Gasteiger partial charge in [-0.2, -0.15) is 0 Å². The van der Waals surface area contributed by atoms with Gasteiger partial charge in [0.05, 0.1) is 19.8 Å². The van der Waals surface area contributed by atoms with E-state index in [-0.39, 0.29) is 35.8 Å². The standard InChI is InChI=1S/C24H31N5O5/c1-25-12-15(9-14-7-8-26-22(14)30)27-23(31)20-10-16(33-2)13-29(20)24(32)19-11-17-18(28-19)5-4-6-21(17)34-3/h4-6,11,14-16,20,28H,1,7-10,12-13H2,2-3H3,(H,26,30)(H,27,31)/t14-,15-,16+,20-/m0/s1. The summed E-state index contributed by atoms with van der Waals surface area (Å²) in [6.45, 7) is 4.78. The summed E-state index contributed by atoms with van der Waals surface area (Å²) in [6.07, 6.45) is 1.34. The summed E-state index contributed by atoms with van der Waals surface area (Å²) in [6, 6.07) is 6.25. The third kappa shape index (κ3) is 4.77. The second kappa shape index (κ2) is 10.3. The highest BCUT2D eigenvalue weighted by Gasteiger charge is 2.41. The fraction of sp³-hybridized carbons (Fsp3) is 0.500. The minimum atomic E-state index is -0.699. The lowest BCUT2D eigenvalue weighted by atomic mass is 9.98. The molecule has 4 atom stereocenters. The van der Waals surface area contributed by atoms with E-state index in [1.807, 2.05) is 18.2 Å². The summed E-state index contributed by atoms with van der Waals surface area (Å²) in [7, 11) is 3.15. The Morgan fingerprint density at radius 1 is 1.35 bits per heavy atom. The molecule has 34 heavy (non-hydrogen) atoms. The van der Waals surface area contributed by atoms with E-state index in [4.69, 9.17) is 9.47 Å². The average molecular weight is 470 g/mol. The van der Waals surface area contributed by atoms with Gasteiger partial charge in [-0.15, -0.1) is 0 Å². The van der Waals surface area contributed by atoms with Crippen LogP contribution < -0.4 is 15.4 Å². The third-order valence-electron chi connectivity index (χ3n) is 6.66. The van der Waals surface area contributed by atoms with Crippen LogP contribution in [0.4, 0.5) is 0 Å². The zero-order valence-corrected chi connectivity index (χ0v) is 19.5. The molecule has 0 bridgehead atoms. The highest BCUT2D eigenvalue weighted by Crippen LogP contribution is 2.29. The van der Waals surface area contributed by atoms with Crippen LogP contribution in [0.2, 0.25) is 0 Å². The Hall–Kier alpha value is -3.40. The fourth-order valence-corrected chi connectivity index (χ4v) is 4.86. The minimum Gasteiger partial charge on any atom is -0.496 e. The van der Waals surface area contributed by atoms with E-state index in [2.05, 4.69) is 27.3 Å². The van der Waals surface area contributed by atoms with Crippen LogP contribution in [0.3, 0.4) is 0 Å². The van der Waals surface area contributed by atoms with Crippen LogP contribution in [0.5, 0.6) is 5.75 Å². The second-order valence-corrected chi connectivity index (χ2v) is 8.80. The molecule has 0 aliphatic carbocycles. The van der Waals surface area contributed by atoms with Crippen LogP contribution in [-0.4, -0.2) is 86.4 Å². The van der Waals surface area contributed by atoms with Crippen LogP contribution in [0.25, 0.3) is 10.9 Å². The molecule has 3 N–H and O–H groups in total. The number of nitrogens with one attached hydrogen (secondary N) is 3. The largest absolute Gasteiger partial charge is 0.496 e. The van der Waals surface area contributed by atoms with E-state index < -0.39 is 6.04 Å². The monoisotopic (exact) mass is 469 g/mol. The number of likely N-dealkylation sites (tertiary alicyclic amines) is 1. The van der Waals surface area contributed by atoms with Gasteiger partial charge >= 0.3 is 0 Å². The van der Waals surface area contributed by atoms with E-state index in [0.717, 1.165) is 17.3 Å². The number of benzene rings is 1. The number of ether oxygens (including phenoxy) is 2. The normalized spacial score (nSPS) is 23.1. The Balaban J connectivity index is 1.52. The summed E-state index contributed by atoms with van der Waals surface area (Å²) in [5.74, 6) is -0.0785. The van der Waals surface area contributed by atoms with Crippen molar-refractivity contribution in [2.45, 2.75) is 37.5 Å². The van der Waals surface area contributed by atoms with Crippen molar-refractivity contribution in [2.24, 2.45) is 10.9 Å². The molecule has 3 heterocycles. The minimum absolute atomic E-state index is 0.00494. The highest BCUT2D eigenvalue weighted by atomic mass is 16.5. The molecular weight excluding hydrogens is 438 g/mol. The third-order valence-corrected chi connectivity index (χ3v) is 6.66. The molecule has 3 amide bonds. The summed E-state index contributed by atoms with van der Waals surface area (Å²) in [4.78, 5) is 47.4. The van der Waals surface area contributed by atoms with Gasteiger partial charge in [0.25, 0.3) is 5.91 Å². The van der Waals surface area contributed by atoms with Crippen molar-refractivity contribution in [1.29, 1.82) is 0 Å². The van der Waals surface area contributed by atoms with Crippen LogP contribution in [0.15, 0.2) is 29.3 Å². The van der Waals surface area contributed by atoms with Crippen LogP contribution in [0.1, 0.15) is 29.8 Å². The summed E-state index contributed by atoms with van der Waals surface area (Å²) < 4.78 is 10.9. The number of carbonyl (C=O) groups excluding carboxylic acids is 3. The Kier molecular flexibility index (Phi) is 7.16. The zero-order chi connectivity index (χ0) is 24.2. The van der Waals surface area contributed by atoms with Gasteiger partial charge in [-0.25, -0.2) is 0 Å². The van der Waals surface area contributed by atoms with Gasteiger partial charge in [-0.1, -0.05) is 6.07 Å². The van der Waals surface area contributed by atoms with Crippen molar-refractivity contribution in [3.63, 3.8) is 0 Å². The molecule has 2 aliphatic heterocycles. The quantitative estimate of drug-likeness (QED) is 0.475. The Labute approximate surface area is 198 Å². The molecule has 2 fully saturated rings. The molecule has 0 unspecified atom stereocenters. The lowest BCUT2D eigenvalue weighted by Crippen LogP contribution is -2.50. The van der Waals surface area contributed by atoms with Crippen molar-refractivity contribution in [3.8, 4) is 5.75 Å². The van der Waals surface area contributed by atoms with Gasteiger partial charge in [-0.3, -0.25) is 19.4 Å². The lowest BCUT2D eigenvalue weighted by Gasteiger charge is -2.26. The first-order valence-corrected chi connectivity index (χ1v) is 11.4. The first-order chi connectivity index (χ1) is 16.4. The molecule has 1 aromatic heterocycles. The van der Waals surface area contributed by atoms with Gasteiger partial charge in [0.2, 0.25) is 11.8 Å². The van der Waals surface area contributed by atoms with Crippen LogP contribution >= 0.6 is 0 Å². The number of aromatic nitrogens is 1. The van der Waals surface area contributed by atoms with Gasteiger partial charge in [-0.05, 0) is 37.8 Å². The first kappa shape index (κ1) is 23.7. The molecule has 0 radical (unpaired) electrons. The molecule has 2 aliphatic rings. The number of carbonyl (C=O) groups is 3. The average Bonchev–Trinajstić information content (AvgIpc) is 3.56. The number of aliphatic imine (C=N–C) groups is 1. The SMILES string of the molecule is C=NC[C@H](C[C@@H]1CCNC1=O)NC(=O)[C@@H]1C[C@@H](OC)CN1C(=O)c1cc2c(OC)cccc2[nH]1. The predicted octanol–water partition coefficient (Wildman–Crippen LogP) is 1.12. The molecular formula is C24H31N5O5. The fourth-order valence-electron chi connectivity index (χ4n) is 4.86. The molecule has 182 valence electrons. The van der Waals surface area contributed by atoms with E-state index in [1.54, 1.807) is 25.2 Å². The molecule has 4 rings (SSSR count). The van der Waals surface area contributed by atoms with E-state index in [1.165, 1.54) is 0 Å². The molecule has 0 saturated carbocycles. The van der Waals surface area contributed by atoms with Gasteiger partial charge in [0.1, 0.15) is 17.5 Å². The van der Waals surface area contributed by atoms with Crippen molar-refractivity contribution < 1.29 is 23.9 Å². The lowest BCUT2D eigenvalue weighted by molar-refractivity contribution is -0.127. The second-order valence-electron chi connectivity index (χ2n) is 8.80. The van der Waals surface area contributed by atoms with Gasteiger partial charge < -0.3 is 30.0 Å². The number of aromatic amines is 1. The first-order valence-electron chi connectivity index (χ1n) is 11.4. The number of amides is 3. The van der Waals surface area contributed by atoms with Crippen LogP contribution in [-0.2, 0) is 14.3 Å². The van der Waals surface area contributed by atoms with Crippen molar-refractivity contribution in [2.75, 3.05) is 33.9 Å². The number of hydrogen-bond acceptors (Lipinski definition) is 6. The molecule has 1 aromatic carbocycles. The molecule has 2 saturated heterocycles. The van der Waals surface area contributed by atoms with E-state index >= 15 is 0 Å². The number of rotatable bonds is 9. The summed E-state index contributed by atoms with van der Waals surface area (Å²) in [5.41, 5.74) is 1.15. The van der Waals surface area contributed by atoms with E-state index in [9.17, 15) is 14.4 Å². The summed E-state index contributed by atoms with van der Waals surface area (Å²) in [5, 5.41) is 6.61. The van der Waals surface area contributed by atoms with Crippen molar-refractivity contribution >= 4 is 35.3 Å². The zero-order valence-electron chi connectivity index (χ0n) is 19.5. The van der Waals surface area contributed by atoms with E-state index in [0.29, 0.717) is 43.9 Å². The number of H-pyrrole nitrogens is 1. The maximum atomic E-state index is 13.5. The topological polar surface area (TPSA) is 125 Å². The summed E-state index contributed by atoms with van der Waals surface area (Å²) >= 11 is 0. The highest BCUT2D eigenvalue weighted by molar-refractivity contribution is 6.01. The molecule has 10 nitrogen and oxygen atoms in total. The smallest absolute Gasteiger partial charge is 0.271 e. The maximum absolute atomic E-state index is 13.5. The number of methoxy groups -OCH3 is 2. The predicted molar refractivity (Wildman–Crippen MR) is 127 cm³/mol. The molecule has 0 spiro atoms. The molecule has 2 aromatic rings. The van der Waals surface area contributed by atoms with Crippen LogP contribution in [0, 0.1) is 5.92 Å². The van der Waals surface area contributed by atoms with Gasteiger partial charge in [0.15, 0.2) is 0 Å². The maximum Gasteiger partial charge on any atom is 0.271 e. The Bertz CT molecular complexity index is 1080. The van der Waals surface area contributed by atoms with Gasteiger partial charge in [0, 0.05) is 49.5 Å². The molecule has 10 heteroatoms. The number of fused-ring (bicyclic) bond motifs is 1. The Morgan fingerprint density at radius 3 is 2.85 bits per heavy atom. The number of nitrogens with zero attached hydrogens (tertiary/aromatic N) is 2. The van der Waals surface area contributed by atoms with Crippen molar-refractivity contribution in [1.82, 2.24) is 20.5 Å². The van der Waals surface area contributed by atoms with Crippen molar-refractivity contribution in [3.05, 3.63) is 30.0 Å². The Morgan fingerprint density at radius 2 is 2.18 bits per heavy atom. The number of hydrogen-bond donors (Lipinski definition) is 3.